The molecule has 0 aliphatic heterocycles. The quantitative estimate of drug-likeness (QED) is 0.851. The van der Waals surface area contributed by atoms with Crippen LogP contribution in [0.3, 0.4) is 0 Å². The van der Waals surface area contributed by atoms with E-state index in [1.54, 1.807) is 0 Å². The molecule has 0 aliphatic carbocycles. The van der Waals surface area contributed by atoms with Gasteiger partial charge >= 0.3 is 0 Å². The molecule has 0 spiro atoms. The molecule has 0 aliphatic rings. The van der Waals surface area contributed by atoms with Crippen LogP contribution in [0, 0.1) is 0 Å². The average Bonchev–Trinajstić information content (AvgIpc) is 2.17. The van der Waals surface area contributed by atoms with Crippen molar-refractivity contribution >= 4 is 33.4 Å². The van der Waals surface area contributed by atoms with Crippen LogP contribution in [0.5, 0.6) is 0 Å². The monoisotopic (exact) mass is 289 g/mol. The number of amides is 1. The minimum atomic E-state index is -0.625. The minimum absolute atomic E-state index is 0.106. The summed E-state index contributed by atoms with van der Waals surface area (Å²) in [5.74, 6) is -0.158. The van der Waals surface area contributed by atoms with Gasteiger partial charge in [0.05, 0.1) is 0 Å². The summed E-state index contributed by atoms with van der Waals surface area (Å²) in [6.07, 6.45) is 0. The van der Waals surface area contributed by atoms with Gasteiger partial charge in [0.2, 0.25) is 5.91 Å². The summed E-state index contributed by atoms with van der Waals surface area (Å²) in [7, 11) is 0. The number of carbonyl (C=O) groups is 1. The van der Waals surface area contributed by atoms with Gasteiger partial charge in [0.25, 0.3) is 0 Å². The fourth-order valence-electron chi connectivity index (χ4n) is 1.14. The number of alkyl halides is 1. The third-order valence-corrected chi connectivity index (χ3v) is 2.80. The molecular formula is C11H13BrClNO. The van der Waals surface area contributed by atoms with Gasteiger partial charge in [-0.25, -0.2) is 0 Å². The first-order valence-corrected chi connectivity index (χ1v) is 5.93. The normalized spacial score (nSPS) is 12.6. The van der Waals surface area contributed by atoms with E-state index in [4.69, 9.17) is 11.6 Å². The first-order chi connectivity index (χ1) is 7.00. The van der Waals surface area contributed by atoms with Gasteiger partial charge in [-0.3, -0.25) is 4.79 Å². The molecule has 0 aromatic heterocycles. The fraction of sp³-hybridized carbons (Fsp3) is 0.364. The summed E-state index contributed by atoms with van der Waals surface area (Å²) in [4.78, 5) is 11.6. The van der Waals surface area contributed by atoms with E-state index in [0.29, 0.717) is 0 Å². The van der Waals surface area contributed by atoms with Crippen LogP contribution >= 0.6 is 27.5 Å². The van der Waals surface area contributed by atoms with Crippen LogP contribution in [-0.4, -0.2) is 11.9 Å². The Morgan fingerprint density at radius 3 is 2.33 bits per heavy atom. The second kappa shape index (κ2) is 5.52. The molecule has 0 radical (unpaired) electrons. The zero-order chi connectivity index (χ0) is 11.4. The molecule has 0 saturated carbocycles. The van der Waals surface area contributed by atoms with E-state index in [2.05, 4.69) is 21.2 Å². The lowest BCUT2D eigenvalue weighted by Gasteiger charge is -2.13. The summed E-state index contributed by atoms with van der Waals surface area (Å²) in [6.45, 7) is 3.81. The standard InChI is InChI=1S/C11H13BrClNO/c1-7(2)14-11(15)10(13)8-3-5-9(12)6-4-8/h3-7,10H,1-2H3,(H,14,15). The minimum Gasteiger partial charge on any atom is -0.352 e. The summed E-state index contributed by atoms with van der Waals surface area (Å²) in [5, 5.41) is 2.15. The van der Waals surface area contributed by atoms with Gasteiger partial charge < -0.3 is 5.32 Å². The van der Waals surface area contributed by atoms with Crippen molar-refractivity contribution in [1.82, 2.24) is 5.32 Å². The number of hydrogen-bond acceptors (Lipinski definition) is 1. The number of benzene rings is 1. The maximum Gasteiger partial charge on any atom is 0.242 e. The maximum absolute atomic E-state index is 11.6. The second-order valence-electron chi connectivity index (χ2n) is 3.58. The van der Waals surface area contributed by atoms with Gasteiger partial charge in [0.15, 0.2) is 0 Å². The first kappa shape index (κ1) is 12.5. The van der Waals surface area contributed by atoms with E-state index in [1.165, 1.54) is 0 Å². The van der Waals surface area contributed by atoms with Gasteiger partial charge in [-0.2, -0.15) is 0 Å². The van der Waals surface area contributed by atoms with Gasteiger partial charge in [0.1, 0.15) is 5.38 Å². The maximum atomic E-state index is 11.6. The molecule has 0 bridgehead atoms. The predicted molar refractivity (Wildman–Crippen MR) is 66.0 cm³/mol. The summed E-state index contributed by atoms with van der Waals surface area (Å²) >= 11 is 9.35. The molecule has 0 fully saturated rings. The number of rotatable bonds is 3. The molecule has 2 nitrogen and oxygen atoms in total. The molecule has 0 heterocycles. The van der Waals surface area contributed by atoms with Crippen LogP contribution in [0.25, 0.3) is 0 Å². The average molecular weight is 291 g/mol. The lowest BCUT2D eigenvalue weighted by atomic mass is 10.1. The molecule has 1 aromatic rings. The molecule has 1 unspecified atom stereocenters. The van der Waals surface area contributed by atoms with E-state index in [-0.39, 0.29) is 11.9 Å². The largest absolute Gasteiger partial charge is 0.352 e. The Kier molecular flexibility index (Phi) is 4.61. The van der Waals surface area contributed by atoms with Gasteiger partial charge in [0, 0.05) is 10.5 Å². The Labute approximate surface area is 103 Å². The number of hydrogen-bond donors (Lipinski definition) is 1. The molecule has 4 heteroatoms. The van der Waals surface area contributed by atoms with Crippen LogP contribution in [0.4, 0.5) is 0 Å². The van der Waals surface area contributed by atoms with Crippen LogP contribution in [0.2, 0.25) is 0 Å². The number of carbonyl (C=O) groups excluding carboxylic acids is 1. The third-order valence-electron chi connectivity index (χ3n) is 1.82. The molecule has 82 valence electrons. The van der Waals surface area contributed by atoms with E-state index in [0.717, 1.165) is 10.0 Å². The number of halogens is 2. The smallest absolute Gasteiger partial charge is 0.242 e. The first-order valence-electron chi connectivity index (χ1n) is 4.70. The topological polar surface area (TPSA) is 29.1 Å². The summed E-state index contributed by atoms with van der Waals surface area (Å²) < 4.78 is 0.972. The van der Waals surface area contributed by atoms with Crippen molar-refractivity contribution in [2.24, 2.45) is 0 Å². The molecule has 1 rings (SSSR count). The Balaban J connectivity index is 2.71. The Hall–Kier alpha value is -0.540. The van der Waals surface area contributed by atoms with Crippen molar-refractivity contribution in [3.05, 3.63) is 34.3 Å². The predicted octanol–water partition coefficient (Wildman–Crippen LogP) is 3.25. The molecule has 1 aromatic carbocycles. The Morgan fingerprint density at radius 1 is 1.33 bits per heavy atom. The highest BCUT2D eigenvalue weighted by Gasteiger charge is 2.17. The summed E-state index contributed by atoms with van der Waals surface area (Å²) in [5.41, 5.74) is 0.804. The molecule has 1 N–H and O–H groups in total. The van der Waals surface area contributed by atoms with Crippen LogP contribution in [0.15, 0.2) is 28.7 Å². The molecular weight excluding hydrogens is 277 g/mol. The highest BCUT2D eigenvalue weighted by molar-refractivity contribution is 9.10. The Bertz CT molecular complexity index is 337. The van der Waals surface area contributed by atoms with Crippen molar-refractivity contribution < 1.29 is 4.79 Å². The highest BCUT2D eigenvalue weighted by Crippen LogP contribution is 2.22. The SMILES string of the molecule is CC(C)NC(=O)C(Cl)c1ccc(Br)cc1. The summed E-state index contributed by atoms with van der Waals surface area (Å²) in [6, 6.07) is 7.51. The van der Waals surface area contributed by atoms with Crippen molar-refractivity contribution in [3.63, 3.8) is 0 Å². The van der Waals surface area contributed by atoms with Crippen molar-refractivity contribution in [2.75, 3.05) is 0 Å². The molecule has 1 atom stereocenters. The molecule has 0 saturated heterocycles. The molecule has 15 heavy (non-hydrogen) atoms. The van der Waals surface area contributed by atoms with E-state index in [9.17, 15) is 4.79 Å². The Morgan fingerprint density at radius 2 is 1.87 bits per heavy atom. The molecule has 1 amide bonds. The van der Waals surface area contributed by atoms with Gasteiger partial charge in [-0.1, -0.05) is 28.1 Å². The van der Waals surface area contributed by atoms with Crippen LogP contribution in [0.1, 0.15) is 24.8 Å². The van der Waals surface area contributed by atoms with E-state index < -0.39 is 5.38 Å². The van der Waals surface area contributed by atoms with Crippen molar-refractivity contribution in [2.45, 2.75) is 25.3 Å². The van der Waals surface area contributed by atoms with Crippen LogP contribution in [-0.2, 0) is 4.79 Å². The van der Waals surface area contributed by atoms with E-state index in [1.807, 2.05) is 38.1 Å². The highest BCUT2D eigenvalue weighted by atomic mass is 79.9. The van der Waals surface area contributed by atoms with Gasteiger partial charge in [-0.05, 0) is 31.5 Å². The zero-order valence-corrected chi connectivity index (χ0v) is 11.0. The van der Waals surface area contributed by atoms with Crippen molar-refractivity contribution in [3.8, 4) is 0 Å². The third kappa shape index (κ3) is 3.84. The van der Waals surface area contributed by atoms with Gasteiger partial charge in [-0.15, -0.1) is 11.6 Å². The number of nitrogens with one attached hydrogen (secondary N) is 1. The van der Waals surface area contributed by atoms with E-state index >= 15 is 0 Å². The van der Waals surface area contributed by atoms with Crippen molar-refractivity contribution in [1.29, 1.82) is 0 Å². The lowest BCUT2D eigenvalue weighted by Crippen LogP contribution is -2.32. The lowest BCUT2D eigenvalue weighted by molar-refractivity contribution is -0.121. The fourth-order valence-corrected chi connectivity index (χ4v) is 1.61. The van der Waals surface area contributed by atoms with Crippen LogP contribution < -0.4 is 5.32 Å². The zero-order valence-electron chi connectivity index (χ0n) is 8.63. The second-order valence-corrected chi connectivity index (χ2v) is 4.93.